The third-order valence-corrected chi connectivity index (χ3v) is 6.30. The van der Waals surface area contributed by atoms with E-state index in [1.807, 2.05) is 35.2 Å². The molecule has 1 amide bonds. The first-order valence-corrected chi connectivity index (χ1v) is 11.1. The average Bonchev–Trinajstić information content (AvgIpc) is 3.48. The van der Waals surface area contributed by atoms with Crippen molar-refractivity contribution in [3.8, 4) is 22.5 Å². The maximum absolute atomic E-state index is 13.3. The zero-order valence-electron chi connectivity index (χ0n) is 17.5. The van der Waals surface area contributed by atoms with Crippen molar-refractivity contribution in [3.63, 3.8) is 0 Å². The highest BCUT2D eigenvalue weighted by Gasteiger charge is 2.29. The number of amides is 1. The summed E-state index contributed by atoms with van der Waals surface area (Å²) in [6.45, 7) is 3.17. The van der Waals surface area contributed by atoms with Gasteiger partial charge in [0.2, 0.25) is 0 Å². The van der Waals surface area contributed by atoms with Crippen LogP contribution in [-0.2, 0) is 24.3 Å². The van der Waals surface area contributed by atoms with Crippen molar-refractivity contribution < 1.29 is 26.2 Å². The highest BCUT2D eigenvalue weighted by atomic mass is 35.5. The molecule has 1 aliphatic heterocycles. The molecule has 8 heteroatoms. The Hall–Kier alpha value is -3.03. The molecule has 4 aromatic rings. The lowest BCUT2D eigenvalue weighted by Gasteiger charge is -2.01. The molecular weight excluding hydrogens is 447 g/mol. The fourth-order valence-electron chi connectivity index (χ4n) is 4.00. The molecule has 32 heavy (non-hydrogen) atoms. The van der Waals surface area contributed by atoms with Gasteiger partial charge in [0.15, 0.2) is 17.4 Å². The van der Waals surface area contributed by atoms with E-state index in [1.54, 1.807) is 12.1 Å². The van der Waals surface area contributed by atoms with E-state index in [4.69, 9.17) is 0 Å². The number of aryl methyl sites for hydroxylation is 1. The molecule has 0 unspecified atom stereocenters. The summed E-state index contributed by atoms with van der Waals surface area (Å²) in [6.07, 6.45) is 3.95. The summed E-state index contributed by atoms with van der Waals surface area (Å²) >= 11 is 1.42. The average molecular weight is 469 g/mol. The van der Waals surface area contributed by atoms with Gasteiger partial charge in [0.1, 0.15) is 12.0 Å². The molecule has 1 N–H and O–H groups in total. The molecule has 2 aromatic heterocycles. The Balaban J connectivity index is 0.00000245. The first-order chi connectivity index (χ1) is 15.1. The number of thiazole rings is 1. The molecule has 1 aliphatic rings. The molecule has 164 valence electrons. The van der Waals surface area contributed by atoms with Gasteiger partial charge in [0, 0.05) is 16.5 Å². The predicted molar refractivity (Wildman–Crippen MR) is 119 cm³/mol. The number of imidazole rings is 1. The highest BCUT2D eigenvalue weighted by Crippen LogP contribution is 2.26. The van der Waals surface area contributed by atoms with Crippen LogP contribution < -0.4 is 22.3 Å². The van der Waals surface area contributed by atoms with Gasteiger partial charge in [-0.25, -0.2) is 18.5 Å². The molecule has 0 bridgehead atoms. The molecule has 0 spiro atoms. The second-order valence-corrected chi connectivity index (χ2v) is 8.63. The van der Waals surface area contributed by atoms with Gasteiger partial charge in [-0.15, -0.1) is 11.3 Å². The monoisotopic (exact) mass is 468 g/mol. The summed E-state index contributed by atoms with van der Waals surface area (Å²) in [6, 6.07) is 14.7. The molecule has 0 radical (unpaired) electrons. The van der Waals surface area contributed by atoms with Gasteiger partial charge in [0.25, 0.3) is 11.7 Å². The second kappa shape index (κ2) is 9.22. The van der Waals surface area contributed by atoms with E-state index in [2.05, 4.69) is 27.0 Å². The fourth-order valence-corrected chi connectivity index (χ4v) is 4.73. The molecule has 0 saturated heterocycles. The van der Waals surface area contributed by atoms with Crippen LogP contribution in [0.15, 0.2) is 60.1 Å². The van der Waals surface area contributed by atoms with E-state index in [-0.39, 0.29) is 30.7 Å². The van der Waals surface area contributed by atoms with Gasteiger partial charge in [0.05, 0.1) is 18.7 Å². The Bertz CT molecular complexity index is 1250. The van der Waals surface area contributed by atoms with Crippen LogP contribution in [0.25, 0.3) is 22.5 Å². The number of nitrogens with one attached hydrogen (secondary N) is 1. The summed E-state index contributed by atoms with van der Waals surface area (Å²) in [4.78, 5) is 17.3. The third-order valence-electron chi connectivity index (χ3n) is 5.55. The van der Waals surface area contributed by atoms with Crippen LogP contribution in [0, 0.1) is 12.7 Å². The summed E-state index contributed by atoms with van der Waals surface area (Å²) in [7, 11) is 0. The van der Waals surface area contributed by atoms with Gasteiger partial charge in [-0.05, 0) is 37.6 Å². The Morgan fingerprint density at radius 1 is 1.16 bits per heavy atom. The van der Waals surface area contributed by atoms with Crippen LogP contribution in [-0.4, -0.2) is 15.5 Å². The standard InChI is InChI=1S/C24H21FN4OS.ClH/c1-16-4-6-17(7-5-16)20-15-31-24(26-20)27-22(30)14-28-13-21(29-12-2-3-23(28)29)18-8-10-19(25)11-9-18;/h4-11,13,15H,2-3,12,14H2,1H3;1H. The first-order valence-electron chi connectivity index (χ1n) is 10.3. The first kappa shape index (κ1) is 22.2. The highest BCUT2D eigenvalue weighted by molar-refractivity contribution is 7.14. The summed E-state index contributed by atoms with van der Waals surface area (Å²) in [5.41, 5.74) is 5.05. The Labute approximate surface area is 196 Å². The summed E-state index contributed by atoms with van der Waals surface area (Å²) < 4.78 is 17.5. The number of halogens is 2. The number of carbonyl (C=O) groups is 1. The topological polar surface area (TPSA) is 50.8 Å². The van der Waals surface area contributed by atoms with E-state index in [0.717, 1.165) is 47.7 Å². The molecular formula is C24H22ClFN4OS. The van der Waals surface area contributed by atoms with Crippen molar-refractivity contribution in [2.75, 3.05) is 5.32 Å². The quantitative estimate of drug-likeness (QED) is 0.452. The van der Waals surface area contributed by atoms with Gasteiger partial charge >= 0.3 is 0 Å². The summed E-state index contributed by atoms with van der Waals surface area (Å²) in [5, 5.41) is 5.48. The number of carbonyl (C=O) groups excluding carboxylic acids is 1. The normalized spacial score (nSPS) is 12.3. The number of nitrogens with zero attached hydrogens (tertiary/aromatic N) is 3. The number of hydrogen-bond donors (Lipinski definition) is 1. The zero-order valence-corrected chi connectivity index (χ0v) is 19.1. The van der Waals surface area contributed by atoms with Gasteiger partial charge in [-0.3, -0.25) is 10.1 Å². The van der Waals surface area contributed by atoms with Crippen LogP contribution in [0.5, 0.6) is 0 Å². The number of hydrogen-bond acceptors (Lipinski definition) is 3. The molecule has 0 saturated carbocycles. The van der Waals surface area contributed by atoms with Crippen LogP contribution in [0.4, 0.5) is 9.52 Å². The van der Waals surface area contributed by atoms with Crippen molar-refractivity contribution in [2.45, 2.75) is 32.9 Å². The van der Waals surface area contributed by atoms with Crippen LogP contribution in [0.1, 0.15) is 17.8 Å². The number of fused-ring (bicyclic) bond motifs is 1. The van der Waals surface area contributed by atoms with Crippen LogP contribution in [0.2, 0.25) is 0 Å². The molecule has 3 heterocycles. The second-order valence-electron chi connectivity index (χ2n) is 7.77. The minimum absolute atomic E-state index is 0. The molecule has 0 atom stereocenters. The Morgan fingerprint density at radius 3 is 2.62 bits per heavy atom. The maximum Gasteiger partial charge on any atom is 0.268 e. The molecule has 5 rings (SSSR count). The van der Waals surface area contributed by atoms with Gasteiger partial charge < -0.3 is 12.4 Å². The Morgan fingerprint density at radius 2 is 1.88 bits per heavy atom. The van der Waals surface area contributed by atoms with Crippen molar-refractivity contribution in [3.05, 3.63) is 77.3 Å². The van der Waals surface area contributed by atoms with E-state index < -0.39 is 0 Å². The number of rotatable bonds is 5. The lowest BCUT2D eigenvalue weighted by atomic mass is 10.1. The third kappa shape index (κ3) is 4.45. The van der Waals surface area contributed by atoms with Crippen molar-refractivity contribution in [1.82, 2.24) is 9.55 Å². The SMILES string of the molecule is Cc1ccc(-c2csc(NC(=O)C[n+]3cc(-c4ccc(F)cc4)n4c3CCC4)n2)cc1.[Cl-]. The minimum atomic E-state index is -0.252. The lowest BCUT2D eigenvalue weighted by Crippen LogP contribution is -3.00. The van der Waals surface area contributed by atoms with Gasteiger partial charge in [-0.1, -0.05) is 29.8 Å². The number of aromatic nitrogens is 3. The maximum atomic E-state index is 13.3. The van der Waals surface area contributed by atoms with E-state index in [9.17, 15) is 9.18 Å². The lowest BCUT2D eigenvalue weighted by molar-refractivity contribution is -0.690. The van der Waals surface area contributed by atoms with Crippen LogP contribution >= 0.6 is 11.3 Å². The van der Waals surface area contributed by atoms with Crippen molar-refractivity contribution in [1.29, 1.82) is 0 Å². The molecule has 2 aromatic carbocycles. The van der Waals surface area contributed by atoms with E-state index in [1.165, 1.54) is 29.0 Å². The largest absolute Gasteiger partial charge is 1.00 e. The molecule has 0 aliphatic carbocycles. The van der Waals surface area contributed by atoms with E-state index >= 15 is 0 Å². The molecule has 5 nitrogen and oxygen atoms in total. The Kier molecular flexibility index (Phi) is 6.39. The van der Waals surface area contributed by atoms with Gasteiger partial charge in [-0.2, -0.15) is 0 Å². The predicted octanol–water partition coefficient (Wildman–Crippen LogP) is 1.60. The summed E-state index contributed by atoms with van der Waals surface area (Å²) in [5.74, 6) is 0.757. The van der Waals surface area contributed by atoms with Crippen molar-refractivity contribution in [2.24, 2.45) is 0 Å². The fraction of sp³-hybridized carbons (Fsp3) is 0.208. The van der Waals surface area contributed by atoms with Crippen LogP contribution in [0.3, 0.4) is 0 Å². The van der Waals surface area contributed by atoms with Crippen molar-refractivity contribution >= 4 is 22.4 Å². The van der Waals surface area contributed by atoms with E-state index in [0.29, 0.717) is 5.13 Å². The molecule has 0 fully saturated rings. The number of benzene rings is 2. The zero-order chi connectivity index (χ0) is 21.4. The minimum Gasteiger partial charge on any atom is -1.00 e. The number of anilines is 1. The smallest absolute Gasteiger partial charge is 0.268 e.